The lowest BCUT2D eigenvalue weighted by Gasteiger charge is -2.23. The zero-order valence-electron chi connectivity index (χ0n) is 18.2. The zero-order chi connectivity index (χ0) is 21.7. The van der Waals surface area contributed by atoms with Crippen molar-refractivity contribution in [3.63, 3.8) is 0 Å². The normalized spacial score (nSPS) is 18.7. The second-order valence-corrected chi connectivity index (χ2v) is 8.32. The highest BCUT2D eigenvalue weighted by molar-refractivity contribution is 5.67. The predicted molar refractivity (Wildman–Crippen MR) is 112 cm³/mol. The number of amides is 1. The van der Waals surface area contributed by atoms with Crippen molar-refractivity contribution in [3.05, 3.63) is 18.2 Å². The van der Waals surface area contributed by atoms with E-state index in [4.69, 9.17) is 18.7 Å². The molecule has 0 aliphatic heterocycles. The van der Waals surface area contributed by atoms with Gasteiger partial charge in [-0.25, -0.2) is 4.79 Å². The largest absolute Gasteiger partial charge is 0.493 e. The van der Waals surface area contributed by atoms with Crippen molar-refractivity contribution in [1.29, 1.82) is 0 Å². The van der Waals surface area contributed by atoms with Gasteiger partial charge in [0, 0.05) is 18.2 Å². The summed E-state index contributed by atoms with van der Waals surface area (Å²) in [4.78, 5) is 16.4. The van der Waals surface area contributed by atoms with Gasteiger partial charge in [-0.15, -0.1) is 0 Å². The monoisotopic (exact) mass is 418 g/mol. The molecule has 1 fully saturated rings. The second-order valence-electron chi connectivity index (χ2n) is 8.32. The molecular formula is C21H30N4O5. The number of nitrogens with zero attached hydrogens (tertiary/aromatic N) is 2. The number of benzene rings is 1. The number of aromatic nitrogens is 2. The second kappa shape index (κ2) is 9.23. The maximum Gasteiger partial charge on any atom is 0.407 e. The fourth-order valence-corrected chi connectivity index (χ4v) is 3.53. The molecule has 9 heteroatoms. The van der Waals surface area contributed by atoms with E-state index in [1.54, 1.807) is 26.4 Å². The first-order chi connectivity index (χ1) is 14.3. The van der Waals surface area contributed by atoms with Crippen LogP contribution in [-0.2, 0) is 4.74 Å². The molecule has 0 radical (unpaired) electrons. The summed E-state index contributed by atoms with van der Waals surface area (Å²) in [7, 11) is 3.17. The van der Waals surface area contributed by atoms with Crippen molar-refractivity contribution in [1.82, 2.24) is 15.5 Å². The highest BCUT2D eigenvalue weighted by atomic mass is 16.6. The van der Waals surface area contributed by atoms with E-state index in [0.717, 1.165) is 24.8 Å². The van der Waals surface area contributed by atoms with Crippen LogP contribution in [0.4, 0.5) is 10.8 Å². The summed E-state index contributed by atoms with van der Waals surface area (Å²) >= 11 is 0. The first-order valence-electron chi connectivity index (χ1n) is 10.1. The summed E-state index contributed by atoms with van der Waals surface area (Å²) in [6.07, 6.45) is 2.63. The summed E-state index contributed by atoms with van der Waals surface area (Å²) in [5.74, 6) is 1.95. The molecule has 0 unspecified atom stereocenters. The minimum Gasteiger partial charge on any atom is -0.493 e. The standard InChI is InChI=1S/C21H30N4O5/c1-21(2,3)29-20(26)22-12-14-7-6-8-15(14)23-19-24-18(25-30-19)13-9-10-16(27-4)17(11-13)28-5/h9-11,14-15H,6-8,12H2,1-5H3,(H,22,26)(H,23,24,25)/t14-,15+/m1/s1. The van der Waals surface area contributed by atoms with Gasteiger partial charge in [-0.1, -0.05) is 11.6 Å². The highest BCUT2D eigenvalue weighted by Gasteiger charge is 2.29. The van der Waals surface area contributed by atoms with Gasteiger partial charge in [0.1, 0.15) is 5.60 Å². The molecular weight excluding hydrogens is 388 g/mol. The molecule has 1 aliphatic carbocycles. The smallest absolute Gasteiger partial charge is 0.407 e. The Balaban J connectivity index is 1.60. The van der Waals surface area contributed by atoms with Gasteiger partial charge in [0.15, 0.2) is 11.5 Å². The van der Waals surface area contributed by atoms with E-state index < -0.39 is 11.7 Å². The Morgan fingerprint density at radius 1 is 1.20 bits per heavy atom. The average Bonchev–Trinajstić information content (AvgIpc) is 3.34. The van der Waals surface area contributed by atoms with Crippen LogP contribution >= 0.6 is 0 Å². The van der Waals surface area contributed by atoms with Crippen molar-refractivity contribution in [2.75, 3.05) is 26.1 Å². The van der Waals surface area contributed by atoms with Crippen LogP contribution in [-0.4, -0.2) is 48.6 Å². The lowest BCUT2D eigenvalue weighted by atomic mass is 10.0. The molecule has 0 saturated heterocycles. The highest BCUT2D eigenvalue weighted by Crippen LogP contribution is 2.32. The Hall–Kier alpha value is -2.97. The molecule has 1 aromatic carbocycles. The molecule has 1 amide bonds. The van der Waals surface area contributed by atoms with Gasteiger partial charge in [-0.2, -0.15) is 4.98 Å². The molecule has 1 saturated carbocycles. The van der Waals surface area contributed by atoms with Crippen LogP contribution < -0.4 is 20.1 Å². The molecule has 3 rings (SSSR count). The molecule has 1 aliphatic rings. The first kappa shape index (κ1) is 21.7. The van der Waals surface area contributed by atoms with Crippen LogP contribution in [0.25, 0.3) is 11.4 Å². The lowest BCUT2D eigenvalue weighted by Crippen LogP contribution is -2.38. The number of ether oxygens (including phenoxy) is 3. The molecule has 164 valence electrons. The summed E-state index contributed by atoms with van der Waals surface area (Å²) in [6.45, 7) is 6.07. The van der Waals surface area contributed by atoms with Crippen molar-refractivity contribution >= 4 is 12.1 Å². The van der Waals surface area contributed by atoms with Gasteiger partial charge in [0.05, 0.1) is 14.2 Å². The quantitative estimate of drug-likeness (QED) is 0.698. The van der Waals surface area contributed by atoms with E-state index in [2.05, 4.69) is 20.8 Å². The number of hydrogen-bond acceptors (Lipinski definition) is 8. The van der Waals surface area contributed by atoms with Crippen LogP contribution in [0.15, 0.2) is 22.7 Å². The van der Waals surface area contributed by atoms with E-state index in [0.29, 0.717) is 29.9 Å². The fraction of sp³-hybridized carbons (Fsp3) is 0.571. The summed E-state index contributed by atoms with van der Waals surface area (Å²) < 4.78 is 21.3. The van der Waals surface area contributed by atoms with E-state index >= 15 is 0 Å². The van der Waals surface area contributed by atoms with E-state index in [9.17, 15) is 4.79 Å². The van der Waals surface area contributed by atoms with Gasteiger partial charge in [-0.05, 0) is 57.7 Å². The molecule has 1 heterocycles. The van der Waals surface area contributed by atoms with Gasteiger partial charge in [0.2, 0.25) is 5.82 Å². The summed E-state index contributed by atoms with van der Waals surface area (Å²) in [6, 6.07) is 5.94. The molecule has 9 nitrogen and oxygen atoms in total. The molecule has 2 aromatic rings. The number of carbonyl (C=O) groups excluding carboxylic acids is 1. The number of hydrogen-bond donors (Lipinski definition) is 2. The molecule has 0 bridgehead atoms. The Labute approximate surface area is 176 Å². The van der Waals surface area contributed by atoms with Gasteiger partial charge < -0.3 is 29.4 Å². The van der Waals surface area contributed by atoms with Crippen molar-refractivity contribution < 1.29 is 23.5 Å². The first-order valence-corrected chi connectivity index (χ1v) is 10.1. The van der Waals surface area contributed by atoms with Gasteiger partial charge >= 0.3 is 12.1 Å². The van der Waals surface area contributed by atoms with E-state index in [1.165, 1.54) is 0 Å². The average molecular weight is 418 g/mol. The van der Waals surface area contributed by atoms with Crippen molar-refractivity contribution in [3.8, 4) is 22.9 Å². The fourth-order valence-electron chi connectivity index (χ4n) is 3.53. The zero-order valence-corrected chi connectivity index (χ0v) is 18.2. The Kier molecular flexibility index (Phi) is 6.69. The third kappa shape index (κ3) is 5.55. The lowest BCUT2D eigenvalue weighted by molar-refractivity contribution is 0.0519. The third-order valence-corrected chi connectivity index (χ3v) is 4.94. The number of alkyl carbamates (subject to hydrolysis) is 1. The third-order valence-electron chi connectivity index (χ3n) is 4.94. The topological polar surface area (TPSA) is 108 Å². The van der Waals surface area contributed by atoms with Gasteiger partial charge in [-0.3, -0.25) is 0 Å². The Morgan fingerprint density at radius 3 is 2.67 bits per heavy atom. The number of carbonyl (C=O) groups is 1. The maximum atomic E-state index is 11.9. The number of rotatable bonds is 7. The number of methoxy groups -OCH3 is 2. The number of anilines is 1. The molecule has 30 heavy (non-hydrogen) atoms. The molecule has 2 atom stereocenters. The molecule has 0 spiro atoms. The van der Waals surface area contributed by atoms with E-state index in [-0.39, 0.29) is 12.0 Å². The van der Waals surface area contributed by atoms with Crippen molar-refractivity contribution in [2.24, 2.45) is 5.92 Å². The molecule has 1 aromatic heterocycles. The van der Waals surface area contributed by atoms with Gasteiger partial charge in [0.25, 0.3) is 0 Å². The minimum atomic E-state index is -0.512. The van der Waals surface area contributed by atoms with Crippen LogP contribution in [0.5, 0.6) is 11.5 Å². The minimum absolute atomic E-state index is 0.138. The number of nitrogens with one attached hydrogen (secondary N) is 2. The van der Waals surface area contributed by atoms with Crippen molar-refractivity contribution in [2.45, 2.75) is 51.7 Å². The SMILES string of the molecule is COc1ccc(-c2noc(N[C@H]3CCC[C@@H]3CNC(=O)OC(C)(C)C)n2)cc1OC. The van der Waals surface area contributed by atoms with Crippen LogP contribution in [0.3, 0.4) is 0 Å². The maximum absolute atomic E-state index is 11.9. The summed E-state index contributed by atoms with van der Waals surface area (Å²) in [5.41, 5.74) is 0.251. The van der Waals surface area contributed by atoms with Crippen LogP contribution in [0, 0.1) is 5.92 Å². The van der Waals surface area contributed by atoms with E-state index in [1.807, 2.05) is 26.8 Å². The van der Waals surface area contributed by atoms with Crippen LogP contribution in [0.1, 0.15) is 40.0 Å². The summed E-state index contributed by atoms with van der Waals surface area (Å²) in [5, 5.41) is 10.2. The van der Waals surface area contributed by atoms with Crippen LogP contribution in [0.2, 0.25) is 0 Å². The molecule has 2 N–H and O–H groups in total. The Morgan fingerprint density at radius 2 is 1.97 bits per heavy atom. The predicted octanol–water partition coefficient (Wildman–Crippen LogP) is 3.86. The Bertz CT molecular complexity index is 861.